The van der Waals surface area contributed by atoms with Gasteiger partial charge >= 0.3 is 5.97 Å². The van der Waals surface area contributed by atoms with Crippen LogP contribution in [0.25, 0.3) is 0 Å². The topological polar surface area (TPSA) is 86.7 Å². The first kappa shape index (κ1) is 18.7. The first-order valence-corrected chi connectivity index (χ1v) is 9.21. The minimum absolute atomic E-state index is 0.0193. The monoisotopic (exact) mass is 338 g/mol. The lowest BCUT2D eigenvalue weighted by atomic mass is 9.87. The van der Waals surface area contributed by atoms with Gasteiger partial charge in [0.25, 0.3) is 0 Å². The summed E-state index contributed by atoms with van der Waals surface area (Å²) in [6.07, 6.45) is 7.60. The number of nitrogens with one attached hydrogen (secondary N) is 1. The first-order chi connectivity index (χ1) is 11.4. The molecule has 2 aliphatic rings. The van der Waals surface area contributed by atoms with Crippen LogP contribution in [-0.4, -0.2) is 46.4 Å². The molecule has 1 saturated carbocycles. The molecule has 6 heteroatoms. The van der Waals surface area contributed by atoms with Crippen molar-refractivity contribution in [3.63, 3.8) is 0 Å². The predicted molar refractivity (Wildman–Crippen MR) is 90.3 cm³/mol. The van der Waals surface area contributed by atoms with Crippen molar-refractivity contribution in [2.45, 2.75) is 77.3 Å². The van der Waals surface area contributed by atoms with Crippen LogP contribution in [0, 0.1) is 11.8 Å². The van der Waals surface area contributed by atoms with Crippen molar-refractivity contribution in [3.05, 3.63) is 0 Å². The van der Waals surface area contributed by atoms with Gasteiger partial charge in [0, 0.05) is 19.0 Å². The van der Waals surface area contributed by atoms with E-state index in [9.17, 15) is 19.5 Å². The quantitative estimate of drug-likeness (QED) is 0.804. The van der Waals surface area contributed by atoms with Crippen molar-refractivity contribution >= 4 is 17.8 Å². The fourth-order valence-electron chi connectivity index (χ4n) is 3.88. The summed E-state index contributed by atoms with van der Waals surface area (Å²) in [4.78, 5) is 37.6. The van der Waals surface area contributed by atoms with E-state index in [1.807, 2.05) is 6.92 Å². The van der Waals surface area contributed by atoms with E-state index >= 15 is 0 Å². The van der Waals surface area contributed by atoms with Gasteiger partial charge in [-0.05, 0) is 45.4 Å². The first-order valence-electron chi connectivity index (χ1n) is 9.21. The number of carboxylic acids is 1. The predicted octanol–water partition coefficient (Wildman–Crippen LogP) is 2.17. The van der Waals surface area contributed by atoms with Crippen LogP contribution in [0.5, 0.6) is 0 Å². The highest BCUT2D eigenvalue weighted by molar-refractivity contribution is 5.88. The van der Waals surface area contributed by atoms with E-state index < -0.39 is 17.9 Å². The average Bonchev–Trinajstić information content (AvgIpc) is 2.55. The van der Waals surface area contributed by atoms with Crippen LogP contribution in [0.3, 0.4) is 0 Å². The Kier molecular flexibility index (Phi) is 6.63. The van der Waals surface area contributed by atoms with E-state index in [0.717, 1.165) is 12.8 Å². The molecule has 0 spiro atoms. The molecule has 1 aliphatic heterocycles. The summed E-state index contributed by atoms with van der Waals surface area (Å²) in [5.74, 6) is -1.16. The Bertz CT molecular complexity index is 474. The smallest absolute Gasteiger partial charge is 0.308 e. The third-order valence-electron chi connectivity index (χ3n) is 5.46. The molecule has 1 heterocycles. The molecular formula is C18H30N2O4. The van der Waals surface area contributed by atoms with Crippen molar-refractivity contribution in [1.29, 1.82) is 0 Å². The Balaban J connectivity index is 1.85. The van der Waals surface area contributed by atoms with Crippen molar-refractivity contribution < 1.29 is 19.5 Å². The van der Waals surface area contributed by atoms with Gasteiger partial charge in [-0.1, -0.05) is 19.3 Å². The minimum atomic E-state index is -0.853. The zero-order valence-corrected chi connectivity index (χ0v) is 14.8. The molecule has 3 unspecified atom stereocenters. The number of carbonyl (C=O) groups excluding carboxylic acids is 2. The third kappa shape index (κ3) is 4.95. The van der Waals surface area contributed by atoms with Gasteiger partial charge in [-0.3, -0.25) is 14.4 Å². The molecule has 0 aromatic heterocycles. The maximum absolute atomic E-state index is 12.6. The average molecular weight is 338 g/mol. The number of carboxylic acid groups (broad SMARTS) is 1. The molecule has 0 bridgehead atoms. The van der Waals surface area contributed by atoms with E-state index in [1.165, 1.54) is 19.3 Å². The Hall–Kier alpha value is -1.59. The van der Waals surface area contributed by atoms with Crippen LogP contribution in [0.4, 0.5) is 0 Å². The molecule has 6 nitrogen and oxygen atoms in total. The molecular weight excluding hydrogens is 308 g/mol. The fourth-order valence-corrected chi connectivity index (χ4v) is 3.88. The number of likely N-dealkylation sites (tertiary alicyclic amines) is 1. The SMILES string of the molecule is CC(NC(=O)CC1CCCCC1)C(=O)N1CC(C(=O)O)CCC1C. The fraction of sp³-hybridized carbons (Fsp3) is 0.833. The number of hydrogen-bond acceptors (Lipinski definition) is 3. The lowest BCUT2D eigenvalue weighted by Crippen LogP contribution is -2.54. The molecule has 0 aromatic rings. The molecule has 2 N–H and O–H groups in total. The second-order valence-electron chi connectivity index (χ2n) is 7.45. The number of rotatable bonds is 5. The zero-order chi connectivity index (χ0) is 17.7. The third-order valence-corrected chi connectivity index (χ3v) is 5.46. The summed E-state index contributed by atoms with van der Waals surface area (Å²) >= 11 is 0. The van der Waals surface area contributed by atoms with E-state index in [-0.39, 0.29) is 24.4 Å². The number of aliphatic carboxylic acids is 1. The van der Waals surface area contributed by atoms with Gasteiger partial charge in [0.1, 0.15) is 6.04 Å². The van der Waals surface area contributed by atoms with E-state index in [1.54, 1.807) is 11.8 Å². The summed E-state index contributed by atoms with van der Waals surface area (Å²) in [6.45, 7) is 3.86. The Morgan fingerprint density at radius 3 is 2.42 bits per heavy atom. The maximum atomic E-state index is 12.6. The van der Waals surface area contributed by atoms with Crippen LogP contribution >= 0.6 is 0 Å². The van der Waals surface area contributed by atoms with Crippen molar-refractivity contribution in [2.75, 3.05) is 6.54 Å². The number of carbonyl (C=O) groups is 3. The molecule has 24 heavy (non-hydrogen) atoms. The lowest BCUT2D eigenvalue weighted by Gasteiger charge is -2.38. The number of piperidine rings is 1. The standard InChI is InChI=1S/C18H30N2O4/c1-12-8-9-15(18(23)24)11-20(12)17(22)13(2)19-16(21)10-14-6-4-3-5-7-14/h12-15H,3-11H2,1-2H3,(H,19,21)(H,23,24). The van der Waals surface area contributed by atoms with Gasteiger partial charge < -0.3 is 15.3 Å². The van der Waals surface area contributed by atoms with Crippen molar-refractivity contribution in [2.24, 2.45) is 11.8 Å². The normalized spacial score (nSPS) is 26.7. The molecule has 0 radical (unpaired) electrons. The zero-order valence-electron chi connectivity index (χ0n) is 14.8. The van der Waals surface area contributed by atoms with Crippen molar-refractivity contribution in [3.8, 4) is 0 Å². The molecule has 2 fully saturated rings. The van der Waals surface area contributed by atoms with E-state index in [2.05, 4.69) is 5.32 Å². The number of amides is 2. The van der Waals surface area contributed by atoms with Gasteiger partial charge in [-0.25, -0.2) is 0 Å². The van der Waals surface area contributed by atoms with Crippen LogP contribution in [0.15, 0.2) is 0 Å². The minimum Gasteiger partial charge on any atom is -0.481 e. The Morgan fingerprint density at radius 1 is 1.12 bits per heavy atom. The largest absolute Gasteiger partial charge is 0.481 e. The molecule has 136 valence electrons. The van der Waals surface area contributed by atoms with Gasteiger partial charge in [0.2, 0.25) is 11.8 Å². The molecule has 2 rings (SSSR count). The van der Waals surface area contributed by atoms with Gasteiger partial charge in [-0.15, -0.1) is 0 Å². The van der Waals surface area contributed by atoms with Gasteiger partial charge in [0.05, 0.1) is 5.92 Å². The lowest BCUT2D eigenvalue weighted by molar-refractivity contribution is -0.148. The summed E-state index contributed by atoms with van der Waals surface area (Å²) in [6, 6.07) is -0.582. The molecule has 2 amide bonds. The number of nitrogens with zero attached hydrogens (tertiary/aromatic N) is 1. The van der Waals surface area contributed by atoms with E-state index in [4.69, 9.17) is 0 Å². The highest BCUT2D eigenvalue weighted by Gasteiger charge is 2.34. The van der Waals surface area contributed by atoms with Crippen molar-refractivity contribution in [1.82, 2.24) is 10.2 Å². The Labute approximate surface area is 144 Å². The molecule has 1 saturated heterocycles. The van der Waals surface area contributed by atoms with Crippen LogP contribution < -0.4 is 5.32 Å². The molecule has 1 aliphatic carbocycles. The summed E-state index contributed by atoms with van der Waals surface area (Å²) in [7, 11) is 0. The molecule has 0 aromatic carbocycles. The van der Waals surface area contributed by atoms with Gasteiger partial charge in [-0.2, -0.15) is 0 Å². The van der Waals surface area contributed by atoms with Crippen LogP contribution in [-0.2, 0) is 14.4 Å². The van der Waals surface area contributed by atoms with Gasteiger partial charge in [0.15, 0.2) is 0 Å². The second kappa shape index (κ2) is 8.49. The maximum Gasteiger partial charge on any atom is 0.308 e. The van der Waals surface area contributed by atoms with Crippen LogP contribution in [0.2, 0.25) is 0 Å². The number of hydrogen-bond donors (Lipinski definition) is 2. The molecule has 3 atom stereocenters. The second-order valence-corrected chi connectivity index (χ2v) is 7.45. The van der Waals surface area contributed by atoms with Crippen LogP contribution in [0.1, 0.15) is 65.2 Å². The summed E-state index contributed by atoms with van der Waals surface area (Å²) in [5, 5.41) is 12.0. The van der Waals surface area contributed by atoms with E-state index in [0.29, 0.717) is 25.2 Å². The summed E-state index contributed by atoms with van der Waals surface area (Å²) in [5.41, 5.74) is 0. The summed E-state index contributed by atoms with van der Waals surface area (Å²) < 4.78 is 0. The highest BCUT2D eigenvalue weighted by atomic mass is 16.4. The Morgan fingerprint density at radius 2 is 1.79 bits per heavy atom. The highest BCUT2D eigenvalue weighted by Crippen LogP contribution is 2.26.